The van der Waals surface area contributed by atoms with Crippen LogP contribution in [0, 0.1) is 0 Å². The molecule has 0 saturated carbocycles. The first-order valence-corrected chi connectivity index (χ1v) is 11.9. The van der Waals surface area contributed by atoms with Gasteiger partial charge in [0.05, 0.1) is 0 Å². The van der Waals surface area contributed by atoms with E-state index in [2.05, 4.69) is 19.1 Å². The Labute approximate surface area is 209 Å². The molecule has 0 bridgehead atoms. The van der Waals surface area contributed by atoms with Crippen LogP contribution in [0.3, 0.4) is 0 Å². The van der Waals surface area contributed by atoms with E-state index in [-0.39, 0.29) is 5.82 Å². The Morgan fingerprint density at radius 3 is 1.39 bits per heavy atom. The fourth-order valence-electron chi connectivity index (χ4n) is 4.59. The van der Waals surface area contributed by atoms with Crippen molar-refractivity contribution < 1.29 is 27.9 Å². The molecule has 0 saturated heterocycles. The van der Waals surface area contributed by atoms with Crippen molar-refractivity contribution in [2.45, 2.75) is 12.7 Å². The van der Waals surface area contributed by atoms with Crippen molar-refractivity contribution in [1.82, 2.24) is 0 Å². The van der Waals surface area contributed by atoms with Crippen LogP contribution in [-0.4, -0.2) is 21.6 Å². The van der Waals surface area contributed by atoms with Gasteiger partial charge in [-0.2, -0.15) is 0 Å². The van der Waals surface area contributed by atoms with Crippen LogP contribution >= 0.6 is 0 Å². The Hall–Kier alpha value is -4.33. The molecule has 3 aliphatic rings. The van der Waals surface area contributed by atoms with Crippen LogP contribution in [-0.2, 0) is 0 Å². The van der Waals surface area contributed by atoms with E-state index < -0.39 is 21.6 Å². The minimum absolute atomic E-state index is 0.0515. The second kappa shape index (κ2) is 8.41. The molecule has 1 unspecified atom stereocenters. The fourth-order valence-corrected chi connectivity index (χ4v) is 4.59. The molecule has 0 aliphatic carbocycles. The zero-order valence-corrected chi connectivity index (χ0v) is 19.4. The summed E-state index contributed by atoms with van der Waals surface area (Å²) in [6, 6.07) is 30.9. The van der Waals surface area contributed by atoms with Crippen LogP contribution in [0.15, 0.2) is 97.1 Å². The summed E-state index contributed by atoms with van der Waals surface area (Å²) in [4.78, 5) is 0. The normalized spacial score (nSPS) is 15.3. The molecule has 0 radical (unpaired) electrons. The highest BCUT2D eigenvalue weighted by atomic mass is 16.7. The lowest BCUT2D eigenvalue weighted by atomic mass is 9.69. The lowest BCUT2D eigenvalue weighted by Gasteiger charge is -2.26. The SMILES string of the molecule is CC(B1Oc2ccccc2O1)c1cccc(N(B2Oc3ccccc3O2)B2Oc3ccccc3O2)c1. The van der Waals surface area contributed by atoms with Crippen molar-refractivity contribution in [2.24, 2.45) is 0 Å². The van der Waals surface area contributed by atoms with Gasteiger partial charge < -0.3 is 32.6 Å². The minimum atomic E-state index is -0.782. The van der Waals surface area contributed by atoms with E-state index in [1.165, 1.54) is 0 Å². The molecule has 3 aliphatic heterocycles. The summed E-state index contributed by atoms with van der Waals surface area (Å²) in [7, 11) is -2.00. The maximum Gasteiger partial charge on any atom is 0.731 e. The van der Waals surface area contributed by atoms with Crippen molar-refractivity contribution >= 4 is 27.3 Å². The zero-order chi connectivity index (χ0) is 24.1. The first-order valence-electron chi connectivity index (χ1n) is 11.9. The molecule has 0 aromatic heterocycles. The third-order valence-electron chi connectivity index (χ3n) is 6.50. The molecule has 4 aromatic carbocycles. The molecular formula is C26H20B3NO6. The summed E-state index contributed by atoms with van der Waals surface area (Å²) in [5, 5.41) is 0. The molecule has 7 nitrogen and oxygen atoms in total. The molecule has 3 heterocycles. The number of nitrogens with zero attached hydrogens (tertiary/aromatic N) is 1. The van der Waals surface area contributed by atoms with Crippen molar-refractivity contribution in [2.75, 3.05) is 4.72 Å². The van der Waals surface area contributed by atoms with Crippen LogP contribution < -0.4 is 32.6 Å². The van der Waals surface area contributed by atoms with E-state index in [1.807, 2.05) is 89.7 Å². The van der Waals surface area contributed by atoms with Gasteiger partial charge in [0.15, 0.2) is 0 Å². The molecule has 36 heavy (non-hydrogen) atoms. The largest absolute Gasteiger partial charge is 0.731 e. The van der Waals surface area contributed by atoms with Crippen molar-refractivity contribution in [1.29, 1.82) is 0 Å². The maximum absolute atomic E-state index is 6.17. The number of benzene rings is 4. The fraction of sp³-hybridized carbons (Fsp3) is 0.0769. The van der Waals surface area contributed by atoms with Crippen LogP contribution in [0.5, 0.6) is 34.5 Å². The van der Waals surface area contributed by atoms with E-state index in [4.69, 9.17) is 27.9 Å². The summed E-state index contributed by atoms with van der Waals surface area (Å²) in [5.41, 5.74) is 1.84. The van der Waals surface area contributed by atoms with Gasteiger partial charge in [0.25, 0.3) is 0 Å². The highest BCUT2D eigenvalue weighted by molar-refractivity contribution is 6.74. The number of hydrogen-bond donors (Lipinski definition) is 0. The zero-order valence-electron chi connectivity index (χ0n) is 19.4. The number of fused-ring (bicyclic) bond motifs is 3. The summed E-state index contributed by atoms with van der Waals surface area (Å²) in [6.45, 7) is 2.08. The average Bonchev–Trinajstić information content (AvgIpc) is 3.64. The molecular weight excluding hydrogens is 455 g/mol. The number of anilines is 1. The molecule has 7 rings (SSSR count). The Morgan fingerprint density at radius 1 is 0.528 bits per heavy atom. The highest BCUT2D eigenvalue weighted by Crippen LogP contribution is 2.40. The Kier molecular flexibility index (Phi) is 4.91. The summed E-state index contributed by atoms with van der Waals surface area (Å²) >= 11 is 0. The average molecular weight is 475 g/mol. The standard InChI is InChI=1S/C26H20B3NO6/c1-18(27-31-21-11-2-3-12-22(21)32-27)19-9-8-10-20(17-19)30(28-33-23-13-4-5-14-24(23)34-28)29-35-25-15-6-7-16-26(25)36-29/h2-18H,1H3. The van der Waals surface area contributed by atoms with Gasteiger partial charge in [0.2, 0.25) is 0 Å². The number of hydrogen-bond acceptors (Lipinski definition) is 7. The minimum Gasteiger partial charge on any atom is -0.523 e. The second-order valence-electron chi connectivity index (χ2n) is 8.82. The summed E-state index contributed by atoms with van der Waals surface area (Å²) in [5.74, 6) is 4.11. The van der Waals surface area contributed by atoms with Crippen molar-refractivity contribution in [3.63, 3.8) is 0 Å². The summed E-state index contributed by atoms with van der Waals surface area (Å²) in [6.07, 6.45) is 0. The smallest absolute Gasteiger partial charge is 0.523 e. The van der Waals surface area contributed by atoms with Crippen LogP contribution in [0.2, 0.25) is 0 Å². The molecule has 0 spiro atoms. The van der Waals surface area contributed by atoms with Gasteiger partial charge in [-0.15, -0.1) is 0 Å². The third-order valence-corrected chi connectivity index (χ3v) is 6.50. The lowest BCUT2D eigenvalue weighted by Crippen LogP contribution is -2.58. The monoisotopic (exact) mass is 475 g/mol. The van der Waals surface area contributed by atoms with Gasteiger partial charge in [-0.1, -0.05) is 55.5 Å². The number of para-hydroxylation sites is 6. The quantitative estimate of drug-likeness (QED) is 0.377. The predicted molar refractivity (Wildman–Crippen MR) is 138 cm³/mol. The Balaban J connectivity index is 1.20. The molecule has 4 aromatic rings. The predicted octanol–water partition coefficient (Wildman–Crippen LogP) is 5.01. The van der Waals surface area contributed by atoms with Gasteiger partial charge in [0, 0.05) is 11.5 Å². The Bertz CT molecular complexity index is 1310. The Morgan fingerprint density at radius 2 is 0.944 bits per heavy atom. The van der Waals surface area contributed by atoms with Crippen LogP contribution in [0.1, 0.15) is 18.3 Å². The van der Waals surface area contributed by atoms with Gasteiger partial charge in [0.1, 0.15) is 34.5 Å². The van der Waals surface area contributed by atoms with E-state index in [0.717, 1.165) is 22.7 Å². The molecule has 0 amide bonds. The van der Waals surface area contributed by atoms with E-state index in [0.29, 0.717) is 23.0 Å². The van der Waals surface area contributed by atoms with E-state index >= 15 is 0 Å². The van der Waals surface area contributed by atoms with Gasteiger partial charge >= 0.3 is 21.6 Å². The second-order valence-corrected chi connectivity index (χ2v) is 8.82. The molecule has 1 atom stereocenters. The lowest BCUT2D eigenvalue weighted by molar-refractivity contribution is 0.466. The molecule has 174 valence electrons. The topological polar surface area (TPSA) is 58.6 Å². The van der Waals surface area contributed by atoms with Crippen LogP contribution in [0.4, 0.5) is 5.69 Å². The van der Waals surface area contributed by atoms with Crippen molar-refractivity contribution in [3.8, 4) is 34.5 Å². The third kappa shape index (κ3) is 3.57. The molecule has 0 N–H and O–H groups in total. The van der Waals surface area contributed by atoms with Crippen LogP contribution in [0.25, 0.3) is 0 Å². The molecule has 10 heteroatoms. The first kappa shape index (κ1) is 21.0. The maximum atomic E-state index is 6.17. The van der Waals surface area contributed by atoms with E-state index in [9.17, 15) is 0 Å². The highest BCUT2D eigenvalue weighted by Gasteiger charge is 2.53. The van der Waals surface area contributed by atoms with Gasteiger partial charge in [-0.05, 0) is 54.1 Å². The summed E-state index contributed by atoms with van der Waals surface area (Å²) < 4.78 is 38.7. The van der Waals surface area contributed by atoms with Gasteiger partial charge in [-0.25, -0.2) is 0 Å². The molecule has 0 fully saturated rings. The van der Waals surface area contributed by atoms with Gasteiger partial charge in [-0.3, -0.25) is 0 Å². The van der Waals surface area contributed by atoms with Crippen molar-refractivity contribution in [3.05, 3.63) is 103 Å². The van der Waals surface area contributed by atoms with E-state index in [1.54, 1.807) is 0 Å². The first-order chi connectivity index (χ1) is 17.7. The number of rotatable bonds is 5.